The summed E-state index contributed by atoms with van der Waals surface area (Å²) < 4.78 is 21.5. The molecular weight excluding hydrogens is 440 g/mol. The summed E-state index contributed by atoms with van der Waals surface area (Å²) in [6, 6.07) is 11.4. The number of benzene rings is 2. The van der Waals surface area contributed by atoms with Crippen LogP contribution in [-0.4, -0.2) is 79.9 Å². The highest BCUT2D eigenvalue weighted by Crippen LogP contribution is 2.41. The maximum atomic E-state index is 13.2. The number of aliphatic hydroxyl groups is 1. The van der Waals surface area contributed by atoms with E-state index in [0.29, 0.717) is 54.7 Å². The Labute approximate surface area is 197 Å². The van der Waals surface area contributed by atoms with Gasteiger partial charge in [-0.2, -0.15) is 0 Å². The second-order valence-electron chi connectivity index (χ2n) is 8.29. The maximum Gasteiger partial charge on any atom is 0.295 e. The maximum absolute atomic E-state index is 13.2. The molecule has 9 heteroatoms. The molecule has 1 atom stereocenters. The van der Waals surface area contributed by atoms with Crippen LogP contribution in [0.3, 0.4) is 0 Å². The fraction of sp³-hybridized carbons (Fsp3) is 0.360. The topological polar surface area (TPSA) is 97.8 Å². The monoisotopic (exact) mass is 466 g/mol. The number of morpholine rings is 1. The molecular formula is C25H26N2O7. The van der Waals surface area contributed by atoms with E-state index < -0.39 is 17.7 Å². The van der Waals surface area contributed by atoms with Crippen LogP contribution >= 0.6 is 0 Å². The summed E-state index contributed by atoms with van der Waals surface area (Å²) in [7, 11) is 1.56. The molecule has 2 aromatic rings. The molecule has 2 saturated heterocycles. The van der Waals surface area contributed by atoms with Crippen molar-refractivity contribution in [1.82, 2.24) is 9.80 Å². The van der Waals surface area contributed by atoms with Gasteiger partial charge < -0.3 is 29.0 Å². The van der Waals surface area contributed by atoms with E-state index in [9.17, 15) is 14.7 Å². The molecule has 0 saturated carbocycles. The van der Waals surface area contributed by atoms with Gasteiger partial charge in [0.05, 0.1) is 31.9 Å². The fourth-order valence-corrected chi connectivity index (χ4v) is 4.54. The number of fused-ring (bicyclic) bond motifs is 1. The minimum Gasteiger partial charge on any atom is -0.507 e. The van der Waals surface area contributed by atoms with Crippen LogP contribution in [-0.2, 0) is 14.3 Å². The van der Waals surface area contributed by atoms with Crippen molar-refractivity contribution < 1.29 is 33.6 Å². The normalized spacial score (nSPS) is 21.8. The number of hydrogen-bond acceptors (Lipinski definition) is 8. The van der Waals surface area contributed by atoms with Crippen LogP contribution in [0.2, 0.25) is 0 Å². The number of carbonyl (C=O) groups excluding carboxylic acids is 2. The van der Waals surface area contributed by atoms with Crippen molar-refractivity contribution in [2.45, 2.75) is 6.04 Å². The molecule has 0 aromatic heterocycles. The van der Waals surface area contributed by atoms with Crippen LogP contribution in [0.4, 0.5) is 0 Å². The fourth-order valence-electron chi connectivity index (χ4n) is 4.54. The number of likely N-dealkylation sites (tertiary alicyclic amines) is 1. The molecule has 5 rings (SSSR count). The Balaban J connectivity index is 1.55. The number of amides is 1. The van der Waals surface area contributed by atoms with Crippen LogP contribution in [0.15, 0.2) is 48.0 Å². The van der Waals surface area contributed by atoms with Crippen LogP contribution in [0, 0.1) is 0 Å². The first kappa shape index (κ1) is 22.2. The lowest BCUT2D eigenvalue weighted by Gasteiger charge is -2.31. The zero-order valence-electron chi connectivity index (χ0n) is 18.9. The highest BCUT2D eigenvalue weighted by Gasteiger charge is 2.46. The molecule has 3 heterocycles. The molecule has 2 fully saturated rings. The largest absolute Gasteiger partial charge is 0.507 e. The van der Waals surface area contributed by atoms with E-state index in [4.69, 9.17) is 18.9 Å². The lowest BCUT2D eigenvalue weighted by molar-refractivity contribution is -0.140. The van der Waals surface area contributed by atoms with Gasteiger partial charge in [-0.1, -0.05) is 12.1 Å². The Morgan fingerprint density at radius 1 is 1.06 bits per heavy atom. The van der Waals surface area contributed by atoms with Gasteiger partial charge in [-0.25, -0.2) is 0 Å². The summed E-state index contributed by atoms with van der Waals surface area (Å²) in [4.78, 5) is 30.1. The van der Waals surface area contributed by atoms with Crippen molar-refractivity contribution in [2.24, 2.45) is 0 Å². The third-order valence-corrected chi connectivity index (χ3v) is 6.36. The van der Waals surface area contributed by atoms with Gasteiger partial charge in [0.15, 0.2) is 11.5 Å². The minimum absolute atomic E-state index is 0.0408. The third-order valence-electron chi connectivity index (χ3n) is 6.36. The lowest BCUT2D eigenvalue weighted by Crippen LogP contribution is -2.42. The van der Waals surface area contributed by atoms with Crippen LogP contribution in [0.5, 0.6) is 17.2 Å². The molecule has 0 bridgehead atoms. The summed E-state index contributed by atoms with van der Waals surface area (Å²) in [6.07, 6.45) is 0. The predicted molar refractivity (Wildman–Crippen MR) is 122 cm³/mol. The van der Waals surface area contributed by atoms with E-state index in [0.717, 1.165) is 13.1 Å². The minimum atomic E-state index is -0.749. The quantitative estimate of drug-likeness (QED) is 0.393. The van der Waals surface area contributed by atoms with Crippen molar-refractivity contribution in [3.8, 4) is 17.2 Å². The van der Waals surface area contributed by atoms with E-state index in [1.165, 1.54) is 4.90 Å². The highest BCUT2D eigenvalue weighted by molar-refractivity contribution is 6.46. The average Bonchev–Trinajstić information content (AvgIpc) is 3.45. The van der Waals surface area contributed by atoms with Gasteiger partial charge in [0, 0.05) is 31.7 Å². The van der Waals surface area contributed by atoms with Crippen LogP contribution in [0.1, 0.15) is 17.2 Å². The molecule has 0 spiro atoms. The van der Waals surface area contributed by atoms with Gasteiger partial charge >= 0.3 is 0 Å². The SMILES string of the molecule is COc1cccc([C@H]2C(=C(O)c3ccc4c(c3)OCO4)C(=O)C(=O)N2CCN2CCOCC2)c1. The Morgan fingerprint density at radius 3 is 2.65 bits per heavy atom. The number of carbonyl (C=O) groups is 2. The van der Waals surface area contributed by atoms with E-state index in [1.54, 1.807) is 43.5 Å². The first-order chi connectivity index (χ1) is 16.6. The first-order valence-electron chi connectivity index (χ1n) is 11.2. The first-order valence-corrected chi connectivity index (χ1v) is 11.2. The molecule has 0 radical (unpaired) electrons. The summed E-state index contributed by atoms with van der Waals surface area (Å²) in [6.45, 7) is 3.85. The van der Waals surface area contributed by atoms with Crippen molar-refractivity contribution in [2.75, 3.05) is 53.3 Å². The third kappa shape index (κ3) is 4.08. The van der Waals surface area contributed by atoms with Gasteiger partial charge in [-0.05, 0) is 35.9 Å². The average molecular weight is 466 g/mol. The zero-order valence-corrected chi connectivity index (χ0v) is 18.9. The van der Waals surface area contributed by atoms with E-state index in [-0.39, 0.29) is 18.1 Å². The molecule has 9 nitrogen and oxygen atoms in total. The molecule has 3 aliphatic heterocycles. The number of nitrogens with zero attached hydrogens (tertiary/aromatic N) is 2. The number of rotatable bonds is 6. The predicted octanol–water partition coefficient (Wildman–Crippen LogP) is 2.18. The second-order valence-corrected chi connectivity index (χ2v) is 8.29. The smallest absolute Gasteiger partial charge is 0.295 e. The van der Waals surface area contributed by atoms with Gasteiger partial charge in [-0.15, -0.1) is 0 Å². The Morgan fingerprint density at radius 2 is 1.85 bits per heavy atom. The number of ketones is 1. The van der Waals surface area contributed by atoms with Crippen molar-refractivity contribution in [3.05, 3.63) is 59.2 Å². The van der Waals surface area contributed by atoms with Gasteiger partial charge in [0.1, 0.15) is 11.5 Å². The van der Waals surface area contributed by atoms with Gasteiger partial charge in [0.2, 0.25) is 6.79 Å². The molecule has 2 aromatic carbocycles. The van der Waals surface area contributed by atoms with Crippen LogP contribution < -0.4 is 14.2 Å². The molecule has 1 N–H and O–H groups in total. The van der Waals surface area contributed by atoms with Crippen molar-refractivity contribution >= 4 is 17.4 Å². The summed E-state index contributed by atoms with van der Waals surface area (Å²) in [5.74, 6) is 0.0291. The molecule has 0 aliphatic carbocycles. The molecule has 1 amide bonds. The number of methoxy groups -OCH3 is 1. The zero-order chi connectivity index (χ0) is 23.7. The number of hydrogen-bond donors (Lipinski definition) is 1. The van der Waals surface area contributed by atoms with Crippen molar-refractivity contribution in [1.29, 1.82) is 0 Å². The van der Waals surface area contributed by atoms with Crippen LogP contribution in [0.25, 0.3) is 5.76 Å². The number of ether oxygens (including phenoxy) is 4. The van der Waals surface area contributed by atoms with E-state index in [2.05, 4.69) is 4.90 Å². The van der Waals surface area contributed by atoms with Crippen molar-refractivity contribution in [3.63, 3.8) is 0 Å². The second kappa shape index (κ2) is 9.36. The molecule has 178 valence electrons. The van der Waals surface area contributed by atoms with E-state index in [1.807, 2.05) is 6.07 Å². The lowest BCUT2D eigenvalue weighted by atomic mass is 9.95. The highest BCUT2D eigenvalue weighted by atomic mass is 16.7. The molecule has 0 unspecified atom stereocenters. The Kier molecular flexibility index (Phi) is 6.12. The summed E-state index contributed by atoms with van der Waals surface area (Å²) in [5, 5.41) is 11.3. The van der Waals surface area contributed by atoms with Gasteiger partial charge in [0.25, 0.3) is 11.7 Å². The number of Topliss-reactive ketones (excluding diaryl/α,β-unsaturated/α-hetero) is 1. The van der Waals surface area contributed by atoms with Gasteiger partial charge in [-0.3, -0.25) is 14.5 Å². The molecule has 3 aliphatic rings. The van der Waals surface area contributed by atoms with E-state index >= 15 is 0 Å². The molecule has 34 heavy (non-hydrogen) atoms. The standard InChI is InChI=1S/C25H26N2O7/c1-31-18-4-2-3-16(13-18)22-21(23(28)17-5-6-19-20(14-17)34-15-33-19)24(29)25(30)27(22)8-7-26-9-11-32-12-10-26/h2-6,13-14,22,28H,7-12,15H2,1H3/t22-/m0/s1. The number of aliphatic hydroxyl groups excluding tert-OH is 1. The summed E-state index contributed by atoms with van der Waals surface area (Å²) >= 11 is 0. The Bertz CT molecular complexity index is 1140. The summed E-state index contributed by atoms with van der Waals surface area (Å²) in [5.41, 5.74) is 1.10. The Hall–Kier alpha value is -3.56.